The molecular weight excluding hydrogens is 269 g/mol. The third-order valence-electron chi connectivity index (χ3n) is 2.75. The Morgan fingerprint density at radius 2 is 2.38 bits per heavy atom. The van der Waals surface area contributed by atoms with Crippen LogP contribution in [0.4, 0.5) is 0 Å². The van der Waals surface area contributed by atoms with E-state index in [1.807, 2.05) is 11.0 Å². The van der Waals surface area contributed by atoms with Crippen LogP contribution in [-0.2, 0) is 11.3 Å². The molecule has 1 aliphatic heterocycles. The molecule has 3 nitrogen and oxygen atoms in total. The molecule has 1 N–H and O–H groups in total. The van der Waals surface area contributed by atoms with E-state index in [9.17, 15) is 4.79 Å². The van der Waals surface area contributed by atoms with Gasteiger partial charge in [0, 0.05) is 6.54 Å². The second kappa shape index (κ2) is 4.92. The van der Waals surface area contributed by atoms with E-state index >= 15 is 0 Å². The molecule has 0 aliphatic carbocycles. The summed E-state index contributed by atoms with van der Waals surface area (Å²) in [5, 5.41) is 9.04. The summed E-state index contributed by atoms with van der Waals surface area (Å²) >= 11 is 13.2. The normalized spacial score (nSPS) is 21.5. The van der Waals surface area contributed by atoms with Gasteiger partial charge in [0.2, 0.25) is 0 Å². The van der Waals surface area contributed by atoms with Crippen molar-refractivity contribution in [1.29, 1.82) is 0 Å². The minimum atomic E-state index is -0.755. The van der Waals surface area contributed by atoms with Gasteiger partial charge in [0.05, 0.1) is 8.67 Å². The SMILES string of the molecule is O=C(O)[C@H]1CCCN1Cc1cc(Cl)sc1Cl. The number of hydrogen-bond acceptors (Lipinski definition) is 3. The minimum Gasteiger partial charge on any atom is -0.480 e. The van der Waals surface area contributed by atoms with Crippen molar-refractivity contribution in [2.45, 2.75) is 25.4 Å². The number of thiophene rings is 1. The van der Waals surface area contributed by atoms with E-state index in [2.05, 4.69) is 0 Å². The van der Waals surface area contributed by atoms with Crippen LogP contribution in [-0.4, -0.2) is 28.6 Å². The van der Waals surface area contributed by atoms with Crippen molar-refractivity contribution in [3.8, 4) is 0 Å². The van der Waals surface area contributed by atoms with Gasteiger partial charge in [-0.3, -0.25) is 9.69 Å². The molecule has 0 saturated carbocycles. The van der Waals surface area contributed by atoms with E-state index in [4.69, 9.17) is 28.3 Å². The van der Waals surface area contributed by atoms with Crippen LogP contribution in [0.1, 0.15) is 18.4 Å². The maximum Gasteiger partial charge on any atom is 0.320 e. The average Bonchev–Trinajstić information content (AvgIpc) is 2.75. The Balaban J connectivity index is 2.09. The molecule has 0 bridgehead atoms. The summed E-state index contributed by atoms with van der Waals surface area (Å²) in [5.41, 5.74) is 0.921. The van der Waals surface area contributed by atoms with Gasteiger partial charge < -0.3 is 5.11 Å². The summed E-state index contributed by atoms with van der Waals surface area (Å²) in [6.07, 6.45) is 1.64. The third-order valence-corrected chi connectivity index (χ3v) is 4.32. The smallest absolute Gasteiger partial charge is 0.320 e. The predicted molar refractivity (Wildman–Crippen MR) is 65.4 cm³/mol. The number of rotatable bonds is 3. The number of aliphatic carboxylic acids is 1. The minimum absolute atomic E-state index is 0.380. The van der Waals surface area contributed by atoms with Gasteiger partial charge in [-0.15, -0.1) is 11.3 Å². The first-order valence-corrected chi connectivity index (χ1v) is 6.55. The average molecular weight is 280 g/mol. The first kappa shape index (κ1) is 12.2. The first-order valence-electron chi connectivity index (χ1n) is 4.98. The molecule has 0 radical (unpaired) electrons. The zero-order valence-electron chi connectivity index (χ0n) is 8.45. The Morgan fingerprint density at radius 1 is 1.62 bits per heavy atom. The Hall–Kier alpha value is -0.290. The highest BCUT2D eigenvalue weighted by Crippen LogP contribution is 2.33. The summed E-state index contributed by atoms with van der Waals surface area (Å²) in [5.74, 6) is -0.755. The first-order chi connectivity index (χ1) is 7.58. The standard InChI is InChI=1S/C10H11Cl2NO2S/c11-8-4-6(9(12)16-8)5-13-3-1-2-7(13)10(14)15/h4,7H,1-3,5H2,(H,14,15)/t7-/m1/s1. The van der Waals surface area contributed by atoms with Crippen molar-refractivity contribution < 1.29 is 9.90 Å². The van der Waals surface area contributed by atoms with Crippen LogP contribution in [0.3, 0.4) is 0 Å². The van der Waals surface area contributed by atoms with Gasteiger partial charge in [0.15, 0.2) is 0 Å². The molecule has 1 atom stereocenters. The molecule has 1 fully saturated rings. The van der Waals surface area contributed by atoms with Crippen molar-refractivity contribution in [2.24, 2.45) is 0 Å². The number of likely N-dealkylation sites (tertiary alicyclic amines) is 1. The van der Waals surface area contributed by atoms with Gasteiger partial charge in [-0.25, -0.2) is 0 Å². The van der Waals surface area contributed by atoms with Crippen molar-refractivity contribution in [3.63, 3.8) is 0 Å². The fourth-order valence-electron chi connectivity index (χ4n) is 2.00. The van der Waals surface area contributed by atoms with Crippen molar-refractivity contribution in [1.82, 2.24) is 4.90 Å². The maximum atomic E-state index is 11.0. The fourth-order valence-corrected chi connectivity index (χ4v) is 3.47. The predicted octanol–water partition coefficient (Wildman–Crippen LogP) is 3.10. The van der Waals surface area contributed by atoms with Gasteiger partial charge in [-0.2, -0.15) is 0 Å². The molecule has 6 heteroatoms. The Morgan fingerprint density at radius 3 is 2.94 bits per heavy atom. The van der Waals surface area contributed by atoms with Crippen LogP contribution in [0.5, 0.6) is 0 Å². The summed E-state index contributed by atoms with van der Waals surface area (Å²) in [4.78, 5) is 12.9. The topological polar surface area (TPSA) is 40.5 Å². The number of carboxylic acids is 1. The molecule has 1 aromatic rings. The highest BCUT2D eigenvalue weighted by atomic mass is 35.5. The van der Waals surface area contributed by atoms with E-state index in [1.165, 1.54) is 11.3 Å². The molecule has 0 unspecified atom stereocenters. The van der Waals surface area contributed by atoms with Gasteiger partial charge in [0.1, 0.15) is 6.04 Å². The van der Waals surface area contributed by atoms with E-state index < -0.39 is 5.97 Å². The lowest BCUT2D eigenvalue weighted by atomic mass is 10.2. The van der Waals surface area contributed by atoms with Crippen LogP contribution in [0.15, 0.2) is 6.07 Å². The molecule has 0 amide bonds. The molecule has 2 heterocycles. The number of carbonyl (C=O) groups is 1. The second-order valence-corrected chi connectivity index (χ2v) is 6.10. The Labute approximate surface area is 108 Å². The van der Waals surface area contributed by atoms with Crippen LogP contribution in [0, 0.1) is 0 Å². The van der Waals surface area contributed by atoms with Gasteiger partial charge in [-0.05, 0) is 31.0 Å². The van der Waals surface area contributed by atoms with Gasteiger partial charge in [0.25, 0.3) is 0 Å². The summed E-state index contributed by atoms with van der Waals surface area (Å²) in [6.45, 7) is 1.37. The molecule has 0 spiro atoms. The van der Waals surface area contributed by atoms with Crippen molar-refractivity contribution >= 4 is 40.5 Å². The number of hydrogen-bond donors (Lipinski definition) is 1. The summed E-state index contributed by atoms with van der Waals surface area (Å²) in [6, 6.07) is 1.43. The molecule has 1 aliphatic rings. The summed E-state index contributed by atoms with van der Waals surface area (Å²) in [7, 11) is 0. The summed E-state index contributed by atoms with van der Waals surface area (Å²) < 4.78 is 1.30. The quantitative estimate of drug-likeness (QED) is 0.924. The highest BCUT2D eigenvalue weighted by molar-refractivity contribution is 7.20. The van der Waals surface area contributed by atoms with E-state index in [0.29, 0.717) is 21.6 Å². The van der Waals surface area contributed by atoms with Gasteiger partial charge >= 0.3 is 5.97 Å². The molecule has 1 aromatic heterocycles. The molecule has 88 valence electrons. The Bertz CT molecular complexity index is 408. The number of halogens is 2. The monoisotopic (exact) mass is 279 g/mol. The van der Waals surface area contributed by atoms with Crippen LogP contribution in [0.2, 0.25) is 8.67 Å². The molecule has 2 rings (SSSR count). The van der Waals surface area contributed by atoms with Crippen molar-refractivity contribution in [2.75, 3.05) is 6.54 Å². The van der Waals surface area contributed by atoms with E-state index in [0.717, 1.165) is 18.5 Å². The van der Waals surface area contributed by atoms with Crippen LogP contribution >= 0.6 is 34.5 Å². The lowest BCUT2D eigenvalue weighted by Gasteiger charge is -2.20. The number of nitrogens with zero attached hydrogens (tertiary/aromatic N) is 1. The second-order valence-electron chi connectivity index (χ2n) is 3.82. The van der Waals surface area contributed by atoms with E-state index in [-0.39, 0.29) is 6.04 Å². The van der Waals surface area contributed by atoms with E-state index in [1.54, 1.807) is 0 Å². The molecular formula is C10H11Cl2NO2S. The zero-order valence-corrected chi connectivity index (χ0v) is 10.8. The lowest BCUT2D eigenvalue weighted by Crippen LogP contribution is -2.35. The third kappa shape index (κ3) is 2.51. The van der Waals surface area contributed by atoms with Crippen molar-refractivity contribution in [3.05, 3.63) is 20.3 Å². The number of carboxylic acid groups (broad SMARTS) is 1. The van der Waals surface area contributed by atoms with Crippen LogP contribution < -0.4 is 0 Å². The highest BCUT2D eigenvalue weighted by Gasteiger charge is 2.30. The Kier molecular flexibility index (Phi) is 3.74. The zero-order chi connectivity index (χ0) is 11.7. The maximum absolute atomic E-state index is 11.0. The van der Waals surface area contributed by atoms with Gasteiger partial charge in [-0.1, -0.05) is 23.2 Å². The fraction of sp³-hybridized carbons (Fsp3) is 0.500. The molecule has 1 saturated heterocycles. The lowest BCUT2D eigenvalue weighted by molar-refractivity contribution is -0.142. The van der Waals surface area contributed by atoms with Crippen LogP contribution in [0.25, 0.3) is 0 Å². The molecule has 16 heavy (non-hydrogen) atoms. The molecule has 0 aromatic carbocycles. The largest absolute Gasteiger partial charge is 0.480 e.